The molecule has 2 heterocycles. The van der Waals surface area contributed by atoms with Gasteiger partial charge < -0.3 is 10.6 Å². The Morgan fingerprint density at radius 1 is 0.844 bits per heavy atom. The normalized spacial score (nSPS) is 15.0. The summed E-state index contributed by atoms with van der Waals surface area (Å²) in [7, 11) is 1.81. The van der Waals surface area contributed by atoms with E-state index >= 15 is 0 Å². The summed E-state index contributed by atoms with van der Waals surface area (Å²) >= 11 is 0. The smallest absolute Gasteiger partial charge is 0.191 e. The molecule has 6 heteroatoms. The van der Waals surface area contributed by atoms with Crippen LogP contribution in [0, 0.1) is 0 Å². The van der Waals surface area contributed by atoms with E-state index in [1.165, 1.54) is 54.6 Å². The van der Waals surface area contributed by atoms with Crippen LogP contribution in [0.5, 0.6) is 0 Å². The number of nitrogens with zero attached hydrogens (tertiary/aromatic N) is 4. The van der Waals surface area contributed by atoms with E-state index in [-0.39, 0.29) is 0 Å². The van der Waals surface area contributed by atoms with Gasteiger partial charge in [0, 0.05) is 39.1 Å². The maximum atomic E-state index is 4.37. The quantitative estimate of drug-likeness (QED) is 0.422. The molecule has 1 fully saturated rings. The largest absolute Gasteiger partial charge is 0.352 e. The van der Waals surface area contributed by atoms with Crippen LogP contribution in [0.1, 0.15) is 41.5 Å². The molecule has 3 aromatic rings. The van der Waals surface area contributed by atoms with E-state index in [1.807, 2.05) is 30.2 Å². The molecule has 32 heavy (non-hydrogen) atoms. The summed E-state index contributed by atoms with van der Waals surface area (Å²) in [5.74, 6) is 0.805. The van der Waals surface area contributed by atoms with Gasteiger partial charge in [-0.15, -0.1) is 0 Å². The van der Waals surface area contributed by atoms with E-state index in [0.717, 1.165) is 32.1 Å². The molecule has 1 aliphatic heterocycles. The van der Waals surface area contributed by atoms with Gasteiger partial charge in [0.05, 0.1) is 6.54 Å². The first-order valence-corrected chi connectivity index (χ1v) is 11.6. The molecule has 1 aliphatic rings. The molecule has 1 saturated heterocycles. The first kappa shape index (κ1) is 22.1. The van der Waals surface area contributed by atoms with E-state index in [2.05, 4.69) is 74.2 Å². The lowest BCUT2D eigenvalue weighted by molar-refractivity contribution is 0.221. The van der Waals surface area contributed by atoms with Crippen molar-refractivity contribution in [2.75, 3.05) is 20.1 Å². The maximum absolute atomic E-state index is 4.37. The van der Waals surface area contributed by atoms with Gasteiger partial charge in [-0.05, 0) is 54.3 Å². The van der Waals surface area contributed by atoms with E-state index in [9.17, 15) is 0 Å². The molecule has 0 bridgehead atoms. The number of benzene rings is 2. The molecular weight excluding hydrogens is 396 g/mol. The molecule has 0 amide bonds. The highest BCUT2D eigenvalue weighted by Crippen LogP contribution is 2.13. The summed E-state index contributed by atoms with van der Waals surface area (Å²) in [5.41, 5.74) is 5.12. The molecule has 0 aliphatic carbocycles. The lowest BCUT2D eigenvalue weighted by Gasteiger charge is -2.26. The fraction of sp³-hybridized carbons (Fsp3) is 0.385. The van der Waals surface area contributed by atoms with Crippen molar-refractivity contribution in [2.45, 2.75) is 45.4 Å². The standard InChI is InChI=1S/C26H34N6/c1-27-26(29-19-24-7-5-8-25(17-24)21-32-16-6-13-30-32)28-18-22-9-11-23(12-10-22)20-31-14-3-2-4-15-31/h5-13,16-17H,2-4,14-15,18-21H2,1H3,(H2,27,28,29). The zero-order valence-electron chi connectivity index (χ0n) is 19.0. The second-order valence-electron chi connectivity index (χ2n) is 8.46. The first-order valence-electron chi connectivity index (χ1n) is 11.6. The molecule has 0 saturated carbocycles. The van der Waals surface area contributed by atoms with Gasteiger partial charge in [-0.1, -0.05) is 55.0 Å². The number of likely N-dealkylation sites (tertiary alicyclic amines) is 1. The molecule has 6 nitrogen and oxygen atoms in total. The summed E-state index contributed by atoms with van der Waals surface area (Å²) in [6.45, 7) is 5.79. The molecule has 0 radical (unpaired) electrons. The predicted molar refractivity (Wildman–Crippen MR) is 130 cm³/mol. The Labute approximate surface area is 191 Å². The van der Waals surface area contributed by atoms with Gasteiger partial charge in [0.1, 0.15) is 0 Å². The average Bonchev–Trinajstić information content (AvgIpc) is 3.34. The number of hydrogen-bond acceptors (Lipinski definition) is 3. The van der Waals surface area contributed by atoms with Crippen LogP contribution < -0.4 is 10.6 Å². The fourth-order valence-corrected chi connectivity index (χ4v) is 4.15. The van der Waals surface area contributed by atoms with E-state index < -0.39 is 0 Å². The molecule has 0 atom stereocenters. The average molecular weight is 431 g/mol. The van der Waals surface area contributed by atoms with Crippen molar-refractivity contribution in [1.29, 1.82) is 0 Å². The molecule has 1 aromatic heterocycles. The number of guanidine groups is 1. The second kappa shape index (κ2) is 11.5. The third-order valence-corrected chi connectivity index (χ3v) is 5.92. The first-order chi connectivity index (χ1) is 15.8. The van der Waals surface area contributed by atoms with Gasteiger partial charge >= 0.3 is 0 Å². The SMILES string of the molecule is CN=C(NCc1ccc(CN2CCCCC2)cc1)NCc1cccc(Cn2cccn2)c1. The van der Waals surface area contributed by atoms with Crippen LogP contribution in [-0.2, 0) is 26.2 Å². The van der Waals surface area contributed by atoms with Gasteiger partial charge in [0.2, 0.25) is 0 Å². The van der Waals surface area contributed by atoms with E-state index in [0.29, 0.717) is 0 Å². The predicted octanol–water partition coefficient (Wildman–Crippen LogP) is 3.78. The van der Waals surface area contributed by atoms with Crippen molar-refractivity contribution in [1.82, 2.24) is 25.3 Å². The summed E-state index contributed by atoms with van der Waals surface area (Å²) in [5, 5.41) is 11.1. The minimum Gasteiger partial charge on any atom is -0.352 e. The third-order valence-electron chi connectivity index (χ3n) is 5.92. The molecule has 0 spiro atoms. The summed E-state index contributed by atoms with van der Waals surface area (Å²) in [6.07, 6.45) is 7.85. The van der Waals surface area contributed by atoms with E-state index in [1.54, 1.807) is 0 Å². The zero-order valence-corrected chi connectivity index (χ0v) is 19.0. The van der Waals surface area contributed by atoms with Crippen LogP contribution in [0.15, 0.2) is 72.0 Å². The van der Waals surface area contributed by atoms with Crippen molar-refractivity contribution < 1.29 is 0 Å². The number of hydrogen-bond donors (Lipinski definition) is 2. The zero-order chi connectivity index (χ0) is 22.0. The highest BCUT2D eigenvalue weighted by atomic mass is 15.3. The Kier molecular flexibility index (Phi) is 7.93. The summed E-state index contributed by atoms with van der Waals surface area (Å²) < 4.78 is 1.94. The fourth-order valence-electron chi connectivity index (χ4n) is 4.15. The maximum Gasteiger partial charge on any atom is 0.191 e. The van der Waals surface area contributed by atoms with Crippen molar-refractivity contribution in [3.63, 3.8) is 0 Å². The van der Waals surface area contributed by atoms with Gasteiger partial charge in [0.15, 0.2) is 5.96 Å². The number of piperidine rings is 1. The molecule has 2 N–H and O–H groups in total. The number of aliphatic imine (C=N–C) groups is 1. The van der Waals surface area contributed by atoms with Crippen LogP contribution in [0.4, 0.5) is 0 Å². The van der Waals surface area contributed by atoms with Crippen LogP contribution >= 0.6 is 0 Å². The monoisotopic (exact) mass is 430 g/mol. The van der Waals surface area contributed by atoms with Crippen molar-refractivity contribution in [2.24, 2.45) is 4.99 Å². The van der Waals surface area contributed by atoms with Crippen LogP contribution in [0.25, 0.3) is 0 Å². The Morgan fingerprint density at radius 2 is 1.56 bits per heavy atom. The molecular formula is C26H34N6. The van der Waals surface area contributed by atoms with Crippen molar-refractivity contribution in [3.05, 3.63) is 89.2 Å². The van der Waals surface area contributed by atoms with Gasteiger partial charge in [-0.3, -0.25) is 14.6 Å². The van der Waals surface area contributed by atoms with Gasteiger partial charge in [-0.2, -0.15) is 5.10 Å². The highest BCUT2D eigenvalue weighted by molar-refractivity contribution is 5.79. The Bertz CT molecular complexity index is 972. The summed E-state index contributed by atoms with van der Waals surface area (Å²) in [4.78, 5) is 6.93. The summed E-state index contributed by atoms with van der Waals surface area (Å²) in [6, 6.07) is 19.5. The Hall–Kier alpha value is -3.12. The highest BCUT2D eigenvalue weighted by Gasteiger charge is 2.10. The minimum absolute atomic E-state index is 0.724. The number of rotatable bonds is 8. The number of nitrogens with one attached hydrogen (secondary N) is 2. The van der Waals surface area contributed by atoms with Crippen molar-refractivity contribution in [3.8, 4) is 0 Å². The van der Waals surface area contributed by atoms with Crippen LogP contribution in [0.3, 0.4) is 0 Å². The molecule has 0 unspecified atom stereocenters. The second-order valence-corrected chi connectivity index (χ2v) is 8.46. The van der Waals surface area contributed by atoms with Gasteiger partial charge in [0.25, 0.3) is 0 Å². The van der Waals surface area contributed by atoms with Crippen molar-refractivity contribution >= 4 is 5.96 Å². The lowest BCUT2D eigenvalue weighted by Crippen LogP contribution is -2.36. The topological polar surface area (TPSA) is 57.5 Å². The lowest BCUT2D eigenvalue weighted by atomic mass is 10.1. The Morgan fingerprint density at radius 3 is 2.28 bits per heavy atom. The molecule has 2 aromatic carbocycles. The van der Waals surface area contributed by atoms with E-state index in [4.69, 9.17) is 0 Å². The van der Waals surface area contributed by atoms with Crippen LogP contribution in [-0.4, -0.2) is 40.8 Å². The molecule has 168 valence electrons. The van der Waals surface area contributed by atoms with Gasteiger partial charge in [-0.25, -0.2) is 0 Å². The Balaban J connectivity index is 1.23. The molecule has 4 rings (SSSR count). The third kappa shape index (κ3) is 6.69. The van der Waals surface area contributed by atoms with Crippen LogP contribution in [0.2, 0.25) is 0 Å². The number of aromatic nitrogens is 2. The minimum atomic E-state index is 0.724.